The van der Waals surface area contributed by atoms with Crippen molar-refractivity contribution in [3.05, 3.63) is 59.9 Å². The molecule has 1 aliphatic heterocycles. The minimum Gasteiger partial charge on any atom is -0.494 e. The van der Waals surface area contributed by atoms with Crippen LogP contribution in [0.4, 0.5) is 30.9 Å². The molecular formula is C31H39F2N5O6. The Morgan fingerprint density at radius 3 is 2.16 bits per heavy atom. The van der Waals surface area contributed by atoms with Crippen molar-refractivity contribution in [3.8, 4) is 17.2 Å². The number of ether oxygens (including phenoxy) is 4. The smallest absolute Gasteiger partial charge is 0.410 e. The summed E-state index contributed by atoms with van der Waals surface area (Å²) in [4.78, 5) is 25.0. The molecule has 1 fully saturated rings. The lowest BCUT2D eigenvalue weighted by Crippen LogP contribution is -2.49. The number of nitrogens with one attached hydrogen (secondary N) is 1. The van der Waals surface area contributed by atoms with Crippen LogP contribution in [0, 0.1) is 11.6 Å². The van der Waals surface area contributed by atoms with Gasteiger partial charge in [0.05, 0.1) is 38.8 Å². The third-order valence-corrected chi connectivity index (χ3v) is 7.04. The summed E-state index contributed by atoms with van der Waals surface area (Å²) in [6.45, 7) is 6.69. The molecule has 1 amide bonds. The third-order valence-electron chi connectivity index (χ3n) is 7.04. The average Bonchev–Trinajstić information content (AvgIpc) is 3.00. The van der Waals surface area contributed by atoms with Gasteiger partial charge in [-0.25, -0.2) is 23.5 Å². The first-order valence-corrected chi connectivity index (χ1v) is 14.3. The molecule has 44 heavy (non-hydrogen) atoms. The predicted molar refractivity (Wildman–Crippen MR) is 161 cm³/mol. The van der Waals surface area contributed by atoms with Gasteiger partial charge in [0.1, 0.15) is 12.2 Å². The fourth-order valence-electron chi connectivity index (χ4n) is 4.85. The highest BCUT2D eigenvalue weighted by Gasteiger charge is 2.31. The van der Waals surface area contributed by atoms with Crippen LogP contribution >= 0.6 is 0 Å². The van der Waals surface area contributed by atoms with E-state index in [1.54, 1.807) is 4.90 Å². The van der Waals surface area contributed by atoms with Gasteiger partial charge < -0.3 is 39.2 Å². The summed E-state index contributed by atoms with van der Waals surface area (Å²) in [6, 6.07) is 8.94. The van der Waals surface area contributed by atoms with Crippen molar-refractivity contribution in [1.82, 2.24) is 14.9 Å². The van der Waals surface area contributed by atoms with Gasteiger partial charge in [-0.2, -0.15) is 0 Å². The molecule has 2 aromatic carbocycles. The number of methoxy groups -OCH3 is 2. The molecule has 0 spiro atoms. The monoisotopic (exact) mass is 615 g/mol. The first-order chi connectivity index (χ1) is 21.0. The number of amides is 1. The topological polar surface area (TPSA) is 119 Å². The van der Waals surface area contributed by atoms with Crippen molar-refractivity contribution < 1.29 is 37.6 Å². The molecular weight excluding hydrogens is 576 g/mol. The van der Waals surface area contributed by atoms with E-state index in [9.17, 15) is 18.7 Å². The van der Waals surface area contributed by atoms with Gasteiger partial charge in [0, 0.05) is 43.1 Å². The highest BCUT2D eigenvalue weighted by Crippen LogP contribution is 2.32. The van der Waals surface area contributed by atoms with Gasteiger partial charge in [-0.1, -0.05) is 0 Å². The van der Waals surface area contributed by atoms with E-state index >= 15 is 0 Å². The van der Waals surface area contributed by atoms with E-state index in [1.807, 2.05) is 45.0 Å². The second kappa shape index (κ2) is 14.4. The largest absolute Gasteiger partial charge is 0.494 e. The minimum absolute atomic E-state index is 0.00492. The van der Waals surface area contributed by atoms with Crippen molar-refractivity contribution in [2.24, 2.45) is 0 Å². The Morgan fingerprint density at radius 1 is 1.05 bits per heavy atom. The van der Waals surface area contributed by atoms with Gasteiger partial charge in [0.15, 0.2) is 28.9 Å². The lowest BCUT2D eigenvalue weighted by Gasteiger charge is -2.39. The summed E-state index contributed by atoms with van der Waals surface area (Å²) in [5.41, 5.74) is 0.872. The Labute approximate surface area is 255 Å². The van der Waals surface area contributed by atoms with Crippen LogP contribution in [0.5, 0.6) is 17.2 Å². The zero-order valence-electron chi connectivity index (χ0n) is 25.6. The molecule has 1 aliphatic rings. The molecule has 4 rings (SSSR count). The third kappa shape index (κ3) is 8.16. The molecule has 0 bridgehead atoms. The number of halogens is 2. The maximum atomic E-state index is 14.6. The fraction of sp³-hybridized carbons (Fsp3) is 0.452. The molecule has 238 valence electrons. The first-order valence-electron chi connectivity index (χ1n) is 14.3. The quantitative estimate of drug-likeness (QED) is 0.295. The Morgan fingerprint density at radius 2 is 1.64 bits per heavy atom. The number of hydrogen-bond donors (Lipinski definition) is 2. The highest BCUT2D eigenvalue weighted by atomic mass is 19.1. The Balaban J connectivity index is 1.30. The molecule has 2 heterocycles. The standard InChI is InChI=1S/C31H39F2N5O6/c1-31(2,3)44-30(40)38(14-15-39)22-10-12-37(13-11-22)21-8-6-20(7-9-21)36-29-34-17-23(18-35-29)43-19-24-27(32)25(41-4)16-26(42-5)28(24)33/h6-9,16-18,22,39H,10-15,19H2,1-5H3,(H,34,35,36). The SMILES string of the molecule is COc1cc(OC)c(F)c(COc2cnc(Nc3ccc(N4CCC(N(CCO)C(=O)OC(C)(C)C)CC4)cc3)nc2)c1F. The molecule has 3 aromatic rings. The second-order valence-corrected chi connectivity index (χ2v) is 11.2. The van der Waals surface area contributed by atoms with Crippen molar-refractivity contribution >= 4 is 23.4 Å². The van der Waals surface area contributed by atoms with Crippen LogP contribution in [0.2, 0.25) is 0 Å². The Bertz CT molecular complexity index is 1370. The second-order valence-electron chi connectivity index (χ2n) is 11.2. The molecule has 0 radical (unpaired) electrons. The van der Waals surface area contributed by atoms with E-state index in [1.165, 1.54) is 26.6 Å². The van der Waals surface area contributed by atoms with Gasteiger partial charge >= 0.3 is 6.09 Å². The first kappa shape index (κ1) is 32.5. The molecule has 13 heteroatoms. The summed E-state index contributed by atoms with van der Waals surface area (Å²) >= 11 is 0. The van der Waals surface area contributed by atoms with Crippen LogP contribution in [0.1, 0.15) is 39.2 Å². The fourth-order valence-corrected chi connectivity index (χ4v) is 4.85. The number of benzene rings is 2. The number of rotatable bonds is 11. The summed E-state index contributed by atoms with van der Waals surface area (Å²) in [5.74, 6) is -1.52. The average molecular weight is 616 g/mol. The van der Waals surface area contributed by atoms with Gasteiger partial charge in [0.2, 0.25) is 5.95 Å². The molecule has 0 atom stereocenters. The van der Waals surface area contributed by atoms with E-state index in [2.05, 4.69) is 20.2 Å². The molecule has 1 saturated heterocycles. The van der Waals surface area contributed by atoms with Crippen LogP contribution in [0.25, 0.3) is 0 Å². The summed E-state index contributed by atoms with van der Waals surface area (Å²) in [5, 5.41) is 12.6. The summed E-state index contributed by atoms with van der Waals surface area (Å²) < 4.78 is 50.2. The number of anilines is 3. The van der Waals surface area contributed by atoms with E-state index in [0.29, 0.717) is 5.95 Å². The molecule has 11 nitrogen and oxygen atoms in total. The van der Waals surface area contributed by atoms with Crippen molar-refractivity contribution in [1.29, 1.82) is 0 Å². The number of piperidine rings is 1. The number of carbonyl (C=O) groups is 1. The van der Waals surface area contributed by atoms with E-state index in [0.717, 1.165) is 43.4 Å². The number of carbonyl (C=O) groups excluding carboxylic acids is 1. The van der Waals surface area contributed by atoms with E-state index in [4.69, 9.17) is 18.9 Å². The van der Waals surface area contributed by atoms with Gasteiger partial charge in [-0.15, -0.1) is 0 Å². The van der Waals surface area contributed by atoms with Gasteiger partial charge in [-0.3, -0.25) is 0 Å². The molecule has 2 N–H and O–H groups in total. The lowest BCUT2D eigenvalue weighted by atomic mass is 10.0. The Kier molecular flexibility index (Phi) is 10.6. The Hall–Kier alpha value is -4.39. The summed E-state index contributed by atoms with van der Waals surface area (Å²) in [7, 11) is 2.56. The zero-order valence-corrected chi connectivity index (χ0v) is 25.6. The molecule has 0 unspecified atom stereocenters. The number of nitrogens with zero attached hydrogens (tertiary/aromatic N) is 4. The molecule has 1 aromatic heterocycles. The van der Waals surface area contributed by atoms with Gasteiger partial charge in [-0.05, 0) is 57.9 Å². The summed E-state index contributed by atoms with van der Waals surface area (Å²) in [6.07, 6.45) is 3.91. The van der Waals surface area contributed by atoms with Gasteiger partial charge in [0.25, 0.3) is 0 Å². The van der Waals surface area contributed by atoms with Crippen LogP contribution in [0.3, 0.4) is 0 Å². The van der Waals surface area contributed by atoms with Crippen LogP contribution in [-0.2, 0) is 11.3 Å². The highest BCUT2D eigenvalue weighted by molar-refractivity contribution is 5.68. The van der Waals surface area contributed by atoms with Crippen LogP contribution in [-0.4, -0.2) is 78.2 Å². The van der Waals surface area contributed by atoms with Crippen molar-refractivity contribution in [2.75, 3.05) is 50.7 Å². The van der Waals surface area contributed by atoms with Crippen LogP contribution in [0.15, 0.2) is 42.7 Å². The van der Waals surface area contributed by atoms with E-state index in [-0.39, 0.29) is 42.0 Å². The van der Waals surface area contributed by atoms with E-state index < -0.39 is 29.9 Å². The lowest BCUT2D eigenvalue weighted by molar-refractivity contribution is 0.00970. The normalized spacial score (nSPS) is 13.8. The number of hydrogen-bond acceptors (Lipinski definition) is 10. The van der Waals surface area contributed by atoms with Crippen molar-refractivity contribution in [2.45, 2.75) is 51.9 Å². The predicted octanol–water partition coefficient (Wildman–Crippen LogP) is 5.29. The number of aliphatic hydroxyl groups excluding tert-OH is 1. The number of aliphatic hydroxyl groups is 1. The number of aromatic nitrogens is 2. The van der Waals surface area contributed by atoms with Crippen LogP contribution < -0.4 is 24.4 Å². The van der Waals surface area contributed by atoms with Crippen molar-refractivity contribution in [3.63, 3.8) is 0 Å². The zero-order chi connectivity index (χ0) is 31.9. The maximum absolute atomic E-state index is 14.6. The molecule has 0 saturated carbocycles. The minimum atomic E-state index is -0.873. The maximum Gasteiger partial charge on any atom is 0.410 e. The molecule has 0 aliphatic carbocycles.